The number of carbonyl (C=O) groups is 1. The summed E-state index contributed by atoms with van der Waals surface area (Å²) in [6.07, 6.45) is -4.65. The summed E-state index contributed by atoms with van der Waals surface area (Å²) >= 11 is 0. The summed E-state index contributed by atoms with van der Waals surface area (Å²) in [4.78, 5) is 13.8. The number of benzene rings is 1. The number of urea groups is 1. The van der Waals surface area contributed by atoms with Crippen molar-refractivity contribution in [3.8, 4) is 0 Å². The van der Waals surface area contributed by atoms with Crippen molar-refractivity contribution in [1.29, 1.82) is 0 Å². The van der Waals surface area contributed by atoms with E-state index in [0.29, 0.717) is 6.07 Å². The molecule has 0 atom stereocenters. The Hall–Kier alpha value is -3.05. The Balaban J connectivity index is 2.08. The first-order valence-electron chi connectivity index (χ1n) is 6.30. The van der Waals surface area contributed by atoms with Crippen molar-refractivity contribution in [1.82, 2.24) is 10.4 Å². The Morgan fingerprint density at radius 3 is 2.16 bits per heavy atom. The summed E-state index contributed by atoms with van der Waals surface area (Å²) in [5.41, 5.74) is 0.484. The molecule has 1 aromatic carbocycles. The lowest BCUT2D eigenvalue weighted by atomic mass is 10.2. The predicted molar refractivity (Wildman–Crippen MR) is 71.3 cm³/mol. The molecule has 0 spiro atoms. The number of halogens is 7. The zero-order chi connectivity index (χ0) is 18.8. The van der Waals surface area contributed by atoms with Gasteiger partial charge in [-0.05, 0) is 18.2 Å². The first-order chi connectivity index (χ1) is 11.6. The highest BCUT2D eigenvalue weighted by atomic mass is 19.4. The zero-order valence-corrected chi connectivity index (χ0v) is 11.8. The maximum absolute atomic E-state index is 13.3. The zero-order valence-electron chi connectivity index (χ0n) is 11.8. The van der Waals surface area contributed by atoms with Gasteiger partial charge in [0, 0.05) is 5.69 Å². The number of nitrogens with one attached hydrogen (secondary N) is 3. The van der Waals surface area contributed by atoms with Crippen molar-refractivity contribution in [2.75, 3.05) is 10.7 Å². The van der Waals surface area contributed by atoms with Gasteiger partial charge in [0.1, 0.15) is 5.69 Å². The lowest BCUT2D eigenvalue weighted by molar-refractivity contribution is -0.137. The van der Waals surface area contributed by atoms with Gasteiger partial charge in [-0.2, -0.15) is 35.7 Å². The number of pyridine rings is 1. The molecule has 25 heavy (non-hydrogen) atoms. The minimum Gasteiger partial charge on any atom is -0.307 e. The lowest BCUT2D eigenvalue weighted by Gasteiger charge is -2.13. The van der Waals surface area contributed by atoms with Gasteiger partial charge >= 0.3 is 12.2 Å². The molecular weight excluding hydrogens is 361 g/mol. The third-order valence-electron chi connectivity index (χ3n) is 2.75. The smallest absolute Gasteiger partial charge is 0.307 e. The average Bonchev–Trinajstić information content (AvgIpc) is 2.52. The molecule has 0 fully saturated rings. The van der Waals surface area contributed by atoms with Gasteiger partial charge in [-0.1, -0.05) is 6.07 Å². The molecule has 0 aliphatic carbocycles. The quantitative estimate of drug-likeness (QED) is 0.439. The van der Waals surface area contributed by atoms with E-state index in [9.17, 15) is 35.5 Å². The maximum Gasteiger partial charge on any atom is 0.416 e. The van der Waals surface area contributed by atoms with Gasteiger partial charge in [0.05, 0.1) is 5.56 Å². The number of nitrogens with zero attached hydrogens (tertiary/aromatic N) is 1. The van der Waals surface area contributed by atoms with Gasteiger partial charge < -0.3 is 5.32 Å². The molecular formula is C13H7F7N4O. The molecule has 0 saturated heterocycles. The number of hydrogen-bond acceptors (Lipinski definition) is 3. The summed E-state index contributed by atoms with van der Waals surface area (Å²) in [6.45, 7) is 0. The second-order valence-corrected chi connectivity index (χ2v) is 4.48. The van der Waals surface area contributed by atoms with Gasteiger partial charge in [-0.15, -0.1) is 0 Å². The molecule has 3 N–H and O–H groups in total. The normalized spacial score (nSPS) is 11.2. The molecule has 0 unspecified atom stereocenters. The van der Waals surface area contributed by atoms with E-state index in [1.807, 2.05) is 5.32 Å². The number of hydrogen-bond donors (Lipinski definition) is 3. The minimum atomic E-state index is -4.65. The van der Waals surface area contributed by atoms with Crippen LogP contribution in [0, 0.1) is 23.5 Å². The van der Waals surface area contributed by atoms with Crippen molar-refractivity contribution in [3.63, 3.8) is 0 Å². The van der Waals surface area contributed by atoms with E-state index in [1.165, 1.54) is 0 Å². The Labute approximate surface area is 134 Å². The largest absolute Gasteiger partial charge is 0.416 e. The summed E-state index contributed by atoms with van der Waals surface area (Å²) in [5.74, 6) is -7.72. The number of alkyl halides is 3. The molecule has 12 heteroatoms. The van der Waals surface area contributed by atoms with E-state index >= 15 is 0 Å². The Morgan fingerprint density at radius 1 is 1.00 bits per heavy atom. The molecule has 0 saturated carbocycles. The molecule has 1 heterocycles. The molecule has 2 aromatic rings. The van der Waals surface area contributed by atoms with Crippen molar-refractivity contribution in [2.24, 2.45) is 0 Å². The fourth-order valence-corrected chi connectivity index (χ4v) is 1.65. The second-order valence-electron chi connectivity index (χ2n) is 4.48. The van der Waals surface area contributed by atoms with Crippen molar-refractivity contribution in [2.45, 2.75) is 6.18 Å². The number of rotatable bonds is 3. The summed E-state index contributed by atoms with van der Waals surface area (Å²) in [5, 5.41) is 1.93. The van der Waals surface area contributed by atoms with Gasteiger partial charge in [0.15, 0.2) is 0 Å². The third-order valence-corrected chi connectivity index (χ3v) is 2.75. The van der Waals surface area contributed by atoms with Crippen LogP contribution in [-0.2, 0) is 6.18 Å². The van der Waals surface area contributed by atoms with E-state index in [0.717, 1.165) is 18.2 Å². The molecule has 0 aliphatic rings. The number of aromatic nitrogens is 1. The van der Waals surface area contributed by atoms with Crippen LogP contribution in [0.5, 0.6) is 0 Å². The van der Waals surface area contributed by atoms with E-state index in [4.69, 9.17) is 0 Å². The molecule has 2 rings (SSSR count). The number of carbonyl (C=O) groups excluding carboxylic acids is 1. The molecule has 0 radical (unpaired) electrons. The fourth-order valence-electron chi connectivity index (χ4n) is 1.65. The Bertz CT molecular complexity index is 783. The van der Waals surface area contributed by atoms with Crippen molar-refractivity contribution < 1.29 is 35.5 Å². The third kappa shape index (κ3) is 4.28. The monoisotopic (exact) mass is 368 g/mol. The molecule has 5 nitrogen and oxygen atoms in total. The van der Waals surface area contributed by atoms with Crippen LogP contribution < -0.4 is 16.2 Å². The molecule has 1 aromatic heterocycles. The lowest BCUT2D eigenvalue weighted by Crippen LogP contribution is -2.34. The van der Waals surface area contributed by atoms with Gasteiger partial charge in [-0.3, -0.25) is 10.9 Å². The van der Waals surface area contributed by atoms with Crippen LogP contribution in [-0.4, -0.2) is 11.0 Å². The molecule has 0 aliphatic heterocycles. The number of anilines is 2. The number of hydrazine groups is 1. The van der Waals surface area contributed by atoms with Crippen molar-refractivity contribution >= 4 is 17.4 Å². The summed E-state index contributed by atoms with van der Waals surface area (Å²) in [6, 6.07) is 2.23. The van der Waals surface area contributed by atoms with Crippen LogP contribution in [0.3, 0.4) is 0 Å². The van der Waals surface area contributed by atoms with Gasteiger partial charge in [0.2, 0.25) is 11.6 Å². The fraction of sp³-hybridized carbons (Fsp3) is 0.0769. The molecule has 2 amide bonds. The second kappa shape index (κ2) is 6.83. The van der Waals surface area contributed by atoms with E-state index in [2.05, 4.69) is 4.98 Å². The van der Waals surface area contributed by atoms with Crippen molar-refractivity contribution in [3.05, 3.63) is 53.4 Å². The summed E-state index contributed by atoms with van der Waals surface area (Å²) < 4.78 is 90.0. The van der Waals surface area contributed by atoms with Crippen LogP contribution in [0.15, 0.2) is 24.3 Å². The predicted octanol–water partition coefficient (Wildman–Crippen LogP) is 3.81. The summed E-state index contributed by atoms with van der Waals surface area (Å²) in [7, 11) is 0. The van der Waals surface area contributed by atoms with E-state index in [-0.39, 0.29) is 5.69 Å². The minimum absolute atomic E-state index is 0.290. The topological polar surface area (TPSA) is 66.0 Å². The SMILES string of the molecule is O=C(NNc1c(F)c(F)nc(F)c1F)Nc1cccc(C(F)(F)F)c1. The highest BCUT2D eigenvalue weighted by Gasteiger charge is 2.30. The van der Waals surface area contributed by atoms with E-state index < -0.39 is 47.0 Å². The highest BCUT2D eigenvalue weighted by molar-refractivity contribution is 5.90. The Kier molecular flexibility index (Phi) is 4.99. The number of amides is 2. The van der Waals surface area contributed by atoms with E-state index in [1.54, 1.807) is 10.9 Å². The Morgan fingerprint density at radius 2 is 1.60 bits per heavy atom. The molecule has 134 valence electrons. The van der Waals surface area contributed by atoms with Gasteiger partial charge in [-0.25, -0.2) is 4.79 Å². The van der Waals surface area contributed by atoms with Gasteiger partial charge in [0.25, 0.3) is 11.9 Å². The first-order valence-corrected chi connectivity index (χ1v) is 6.30. The van der Waals surface area contributed by atoms with Crippen LogP contribution >= 0.6 is 0 Å². The average molecular weight is 368 g/mol. The standard InChI is InChI=1S/C13H7F7N4O/c14-7-9(8(15)11(17)22-10(7)16)23-24-12(25)21-6-3-1-2-5(4-6)13(18,19)20/h1-4H,(H,22,23)(H2,21,24,25). The molecule has 0 bridgehead atoms. The van der Waals surface area contributed by atoms with Crippen LogP contribution in [0.2, 0.25) is 0 Å². The maximum atomic E-state index is 13.3. The van der Waals surface area contributed by atoms with Crippen LogP contribution in [0.4, 0.5) is 46.9 Å². The highest BCUT2D eigenvalue weighted by Crippen LogP contribution is 2.30. The first kappa shape index (κ1) is 18.3. The van der Waals surface area contributed by atoms with Crippen LogP contribution in [0.1, 0.15) is 5.56 Å². The van der Waals surface area contributed by atoms with Crippen LogP contribution in [0.25, 0.3) is 0 Å².